The molecule has 2 saturated carbocycles. The number of carbonyl (C=O) groups excluding carboxylic acids is 8. The van der Waals surface area contributed by atoms with Crippen LogP contribution in [0.1, 0.15) is 174 Å². The number of carbonyl (C=O) groups is 8. The molecule has 2 rings (SSSR count). The van der Waals surface area contributed by atoms with Gasteiger partial charge in [0.25, 0.3) is 23.6 Å². The van der Waals surface area contributed by atoms with Crippen molar-refractivity contribution in [3.05, 3.63) is 0 Å². The van der Waals surface area contributed by atoms with Crippen LogP contribution in [0.5, 0.6) is 0 Å². The first-order valence-electron chi connectivity index (χ1n) is 25.0. The van der Waals surface area contributed by atoms with Crippen LogP contribution in [0.2, 0.25) is 0 Å². The average Bonchev–Trinajstić information content (AvgIpc) is 3.19. The van der Waals surface area contributed by atoms with Crippen molar-refractivity contribution in [1.82, 2.24) is 42.5 Å². The number of amides is 4. The predicted octanol–water partition coefficient (Wildman–Crippen LogP) is 6.08. The molecule has 0 heterocycles. The van der Waals surface area contributed by atoms with Crippen molar-refractivity contribution in [2.75, 3.05) is 27.2 Å². The molecule has 0 bridgehead atoms. The molecule has 4 amide bonds. The molecule has 4 atom stereocenters. The van der Waals surface area contributed by atoms with Crippen molar-refractivity contribution in [2.45, 2.75) is 233 Å². The van der Waals surface area contributed by atoms with Crippen LogP contribution in [0.4, 0.5) is 26.3 Å². The topological polar surface area (TPSA) is 233 Å². The second kappa shape index (κ2) is 31.7. The van der Waals surface area contributed by atoms with Crippen LogP contribution in [-0.4, -0.2) is 133 Å². The van der Waals surface area contributed by atoms with E-state index in [9.17, 15) is 64.7 Å². The zero-order chi connectivity index (χ0) is 56.6. The van der Waals surface area contributed by atoms with Gasteiger partial charge < -0.3 is 42.5 Å². The van der Waals surface area contributed by atoms with Crippen LogP contribution < -0.4 is 42.5 Å². The highest BCUT2D eigenvalue weighted by Gasteiger charge is 2.36. The molecule has 8 N–H and O–H groups in total. The summed E-state index contributed by atoms with van der Waals surface area (Å²) in [5, 5.41) is 20.4. The largest absolute Gasteiger partial charge is 0.405 e. The third-order valence-electron chi connectivity index (χ3n) is 10.7. The maximum Gasteiger partial charge on any atom is 0.405 e. The molecule has 0 aromatic heterocycles. The van der Waals surface area contributed by atoms with Crippen LogP contribution in [0.15, 0.2) is 0 Å². The first-order chi connectivity index (χ1) is 32.6. The molecule has 420 valence electrons. The van der Waals surface area contributed by atoms with Gasteiger partial charge in [0.2, 0.25) is 23.1 Å². The fourth-order valence-electron chi connectivity index (χ4n) is 7.21. The highest BCUT2D eigenvalue weighted by Crippen LogP contribution is 2.32. The predicted molar refractivity (Wildman–Crippen MR) is 267 cm³/mol. The van der Waals surface area contributed by atoms with Gasteiger partial charge in [0, 0.05) is 36.3 Å². The second-order valence-corrected chi connectivity index (χ2v) is 22.6. The van der Waals surface area contributed by atoms with E-state index in [2.05, 4.69) is 31.9 Å². The van der Waals surface area contributed by atoms with Gasteiger partial charge in [-0.05, 0) is 121 Å². The van der Waals surface area contributed by atoms with Crippen LogP contribution in [0, 0.1) is 11.8 Å². The fraction of sp³-hybridized carbons (Fsp3) is 0.840. The highest BCUT2D eigenvalue weighted by molar-refractivity contribution is 6.39. The first kappa shape index (κ1) is 70.1. The van der Waals surface area contributed by atoms with Gasteiger partial charge in [0.1, 0.15) is 13.1 Å². The van der Waals surface area contributed by atoms with Crippen molar-refractivity contribution in [2.24, 2.45) is 11.8 Å². The van der Waals surface area contributed by atoms with E-state index in [0.717, 1.165) is 12.8 Å². The van der Waals surface area contributed by atoms with Crippen LogP contribution in [0.25, 0.3) is 0 Å². The van der Waals surface area contributed by atoms with E-state index in [1.54, 1.807) is 10.6 Å². The minimum Gasteiger partial charge on any atom is -0.353 e. The fourth-order valence-corrected chi connectivity index (χ4v) is 7.21. The number of halogens is 6. The van der Waals surface area contributed by atoms with E-state index in [1.165, 1.54) is 52.6 Å². The summed E-state index contributed by atoms with van der Waals surface area (Å²) in [7, 11) is 3.00. The molecule has 2 unspecified atom stereocenters. The number of hydrogen-bond acceptors (Lipinski definition) is 12. The molecule has 16 nitrogen and oxygen atoms in total. The smallest absolute Gasteiger partial charge is 0.353 e. The number of likely N-dealkylation sites (N-methyl/N-ethyl adjacent to an activating group) is 2. The first-order valence-corrected chi connectivity index (χ1v) is 25.0. The van der Waals surface area contributed by atoms with E-state index in [-0.39, 0.29) is 34.7 Å². The van der Waals surface area contributed by atoms with Gasteiger partial charge in [0.15, 0.2) is 0 Å². The summed E-state index contributed by atoms with van der Waals surface area (Å²) < 4.78 is 71.7. The Labute approximate surface area is 424 Å². The summed E-state index contributed by atoms with van der Waals surface area (Å²) in [4.78, 5) is 93.1. The van der Waals surface area contributed by atoms with Crippen LogP contribution in [-0.2, 0) is 38.4 Å². The molecule has 0 saturated heterocycles. The van der Waals surface area contributed by atoms with Gasteiger partial charge in [-0.1, -0.05) is 65.2 Å². The standard InChI is InChI=1S/2C13H24N2O2.2C12H21F3N2O2/c2*1-13(2,3)15-10(8-9-6-5-7-9)11(16)12(17)14-4;2*1-5-6-8(17-11(2,3)4)9(18)10(19)16-7-12(13,14)15/h2*9-10,15H,5-8H2,1-4H3,(H,14,17);2*8,17H,5-7H2,1-4H3,(H,16,19)/t10-;;8-;/m0.0./s1. The van der Waals surface area contributed by atoms with Gasteiger partial charge in [-0.2, -0.15) is 26.3 Å². The number of hydrogen-bond donors (Lipinski definition) is 8. The van der Waals surface area contributed by atoms with Crippen LogP contribution >= 0.6 is 0 Å². The quantitative estimate of drug-likeness (QED) is 0.0456. The lowest BCUT2D eigenvalue weighted by Gasteiger charge is -2.33. The van der Waals surface area contributed by atoms with E-state index < -0.39 is 83.8 Å². The van der Waals surface area contributed by atoms with Crippen LogP contribution in [0.3, 0.4) is 0 Å². The molecular weight excluding hydrogens is 955 g/mol. The second-order valence-electron chi connectivity index (χ2n) is 22.6. The Bertz CT molecular complexity index is 1600. The molecule has 22 heteroatoms. The Morgan fingerprint density at radius 3 is 0.833 bits per heavy atom. The van der Waals surface area contributed by atoms with Crippen molar-refractivity contribution < 1.29 is 64.7 Å². The molecule has 0 spiro atoms. The van der Waals surface area contributed by atoms with E-state index in [4.69, 9.17) is 0 Å². The Morgan fingerprint density at radius 1 is 0.417 bits per heavy atom. The highest BCUT2D eigenvalue weighted by atomic mass is 19.4. The SMILES string of the molecule is CCCC(NC(C)(C)C)C(=O)C(=O)NCC(F)(F)F.CCC[C@H](NC(C)(C)C)C(=O)C(=O)NCC(F)(F)F.CNC(=O)C(=O)C(CC1CCC1)NC(C)(C)C.CNC(=O)C(=O)[C@H](CC1CCC1)NC(C)(C)C. The molecule has 0 aliphatic heterocycles. The zero-order valence-electron chi connectivity index (χ0n) is 45.9. The Hall–Kier alpha value is -4.02. The summed E-state index contributed by atoms with van der Waals surface area (Å²) in [5.74, 6) is -4.59. The Balaban J connectivity index is 0. The average molecular weight is 1050 g/mol. The van der Waals surface area contributed by atoms with Gasteiger partial charge >= 0.3 is 12.4 Å². The number of Topliss-reactive ketones (excluding diaryl/α,β-unsaturated/α-hetero) is 4. The molecule has 2 aliphatic rings. The number of rotatable bonds is 22. The summed E-state index contributed by atoms with van der Waals surface area (Å²) in [6, 6.07) is -2.23. The lowest BCUT2D eigenvalue weighted by atomic mass is 9.79. The summed E-state index contributed by atoms with van der Waals surface area (Å²) in [5.41, 5.74) is -1.12. The monoisotopic (exact) mass is 1040 g/mol. The van der Waals surface area contributed by atoms with Crippen molar-refractivity contribution >= 4 is 46.8 Å². The maximum absolute atomic E-state index is 12.0. The van der Waals surface area contributed by atoms with Crippen molar-refractivity contribution in [3.8, 4) is 0 Å². The Morgan fingerprint density at radius 2 is 0.653 bits per heavy atom. The number of alkyl halides is 6. The summed E-state index contributed by atoms with van der Waals surface area (Å²) in [6.45, 7) is 23.6. The van der Waals surface area contributed by atoms with E-state index in [1.807, 2.05) is 96.9 Å². The molecule has 0 aromatic rings. The molecule has 2 aliphatic carbocycles. The molecule has 0 aromatic carbocycles. The van der Waals surface area contributed by atoms with Gasteiger partial charge in [-0.3, -0.25) is 38.4 Å². The van der Waals surface area contributed by atoms with E-state index in [0.29, 0.717) is 37.5 Å². The summed E-state index contributed by atoms with van der Waals surface area (Å²) >= 11 is 0. The maximum atomic E-state index is 12.0. The minimum absolute atomic E-state index is 0.155. The Kier molecular flexibility index (Phi) is 30.8. The van der Waals surface area contributed by atoms with Gasteiger partial charge in [-0.15, -0.1) is 0 Å². The molecular formula is C50H90F6N8O8. The molecule has 72 heavy (non-hydrogen) atoms. The summed E-state index contributed by atoms with van der Waals surface area (Å²) in [6.07, 6.45) is 1.85. The van der Waals surface area contributed by atoms with Crippen molar-refractivity contribution in [3.63, 3.8) is 0 Å². The number of nitrogens with one attached hydrogen (secondary N) is 8. The lowest BCUT2D eigenvalue weighted by molar-refractivity contribution is -0.146. The number of ketones is 4. The third-order valence-corrected chi connectivity index (χ3v) is 10.7. The molecule has 2 fully saturated rings. The van der Waals surface area contributed by atoms with Gasteiger partial charge in [0.05, 0.1) is 24.2 Å². The molecule has 0 radical (unpaired) electrons. The normalized spacial score (nSPS) is 16.1. The van der Waals surface area contributed by atoms with E-state index >= 15 is 0 Å². The zero-order valence-corrected chi connectivity index (χ0v) is 45.9. The van der Waals surface area contributed by atoms with Crippen molar-refractivity contribution in [1.29, 1.82) is 0 Å². The minimum atomic E-state index is -4.52. The third kappa shape index (κ3) is 34.4. The lowest BCUT2D eigenvalue weighted by Crippen LogP contribution is -2.52. The van der Waals surface area contributed by atoms with Gasteiger partial charge in [-0.25, -0.2) is 0 Å².